The summed E-state index contributed by atoms with van der Waals surface area (Å²) in [6.07, 6.45) is 4.91. The van der Waals surface area contributed by atoms with Crippen LogP contribution in [0.2, 0.25) is 10.0 Å². The molecule has 5 aromatic rings. The van der Waals surface area contributed by atoms with Crippen LogP contribution in [0.5, 0.6) is 11.5 Å². The molecule has 1 unspecified atom stereocenters. The number of pyridine rings is 1. The van der Waals surface area contributed by atoms with E-state index in [1.54, 1.807) is 35.0 Å². The number of carbonyl (C=O) groups is 1. The van der Waals surface area contributed by atoms with Crippen LogP contribution < -0.4 is 25.7 Å². The molecule has 3 aromatic carbocycles. The number of likely N-dealkylation sites (N-methyl/N-ethyl adjacent to an activating group) is 1. The molecule has 0 aliphatic heterocycles. The lowest BCUT2D eigenvalue weighted by molar-refractivity contribution is -0.111. The second kappa shape index (κ2) is 14.7. The highest BCUT2D eigenvalue weighted by Crippen LogP contribution is 2.45. The molecule has 0 fully saturated rings. The minimum absolute atomic E-state index is 0.157. The Morgan fingerprint density at radius 1 is 0.979 bits per heavy atom. The van der Waals surface area contributed by atoms with Crippen molar-refractivity contribution in [2.45, 2.75) is 13.0 Å². The molecule has 1 atom stereocenters. The normalized spacial score (nSPS) is 12.0. The van der Waals surface area contributed by atoms with E-state index in [-0.39, 0.29) is 27.1 Å². The molecule has 0 saturated carbocycles. The second-order valence-corrected chi connectivity index (χ2v) is 11.7. The molecule has 0 radical (unpaired) electrons. The lowest BCUT2D eigenvalue weighted by Gasteiger charge is -2.21. The van der Waals surface area contributed by atoms with Crippen LogP contribution >= 0.6 is 23.2 Å². The first-order chi connectivity index (χ1) is 22.6. The van der Waals surface area contributed by atoms with E-state index in [9.17, 15) is 9.59 Å². The van der Waals surface area contributed by atoms with Crippen molar-refractivity contribution in [1.29, 1.82) is 0 Å². The molecular weight excluding hydrogens is 639 g/mol. The summed E-state index contributed by atoms with van der Waals surface area (Å²) in [5.41, 5.74) is 2.55. The van der Waals surface area contributed by atoms with E-state index in [4.69, 9.17) is 37.7 Å². The van der Waals surface area contributed by atoms with Crippen molar-refractivity contribution in [1.82, 2.24) is 19.4 Å². The van der Waals surface area contributed by atoms with E-state index in [1.165, 1.54) is 20.3 Å². The van der Waals surface area contributed by atoms with Crippen molar-refractivity contribution in [2.75, 3.05) is 45.5 Å². The van der Waals surface area contributed by atoms with Crippen LogP contribution in [0.1, 0.15) is 18.5 Å². The molecule has 0 saturated heterocycles. The Morgan fingerprint density at radius 3 is 2.32 bits per heavy atom. The Labute approximate surface area is 282 Å². The number of rotatable bonds is 11. The minimum Gasteiger partial charge on any atom is -0.495 e. The van der Waals surface area contributed by atoms with Crippen LogP contribution in [-0.2, 0) is 4.79 Å². The van der Waals surface area contributed by atoms with Crippen molar-refractivity contribution in [2.24, 2.45) is 0 Å². The quantitative estimate of drug-likeness (QED) is 0.142. The van der Waals surface area contributed by atoms with Crippen molar-refractivity contribution in [3.05, 3.63) is 111 Å². The smallest absolute Gasteiger partial charge is 0.260 e. The van der Waals surface area contributed by atoms with Gasteiger partial charge in [-0.15, -0.1) is 0 Å². The van der Waals surface area contributed by atoms with Crippen molar-refractivity contribution < 1.29 is 14.3 Å². The minimum atomic E-state index is -0.560. The average Bonchev–Trinajstić information content (AvgIpc) is 3.05. The lowest BCUT2D eigenvalue weighted by Crippen LogP contribution is -2.27. The van der Waals surface area contributed by atoms with Gasteiger partial charge < -0.3 is 25.0 Å². The SMILES string of the molecule is COc1cc(OC)c(Cl)c(-c2cc3cnc(Nc4ccccc4)nc3n(C(C)c3cccc(NC(=O)/C=C/CN(C)C)c3)c2=O)c1Cl. The van der Waals surface area contributed by atoms with E-state index in [0.717, 1.165) is 11.3 Å². The number of ether oxygens (including phenoxy) is 2. The van der Waals surface area contributed by atoms with Gasteiger partial charge >= 0.3 is 0 Å². The number of nitrogens with zero attached hydrogens (tertiary/aromatic N) is 4. The highest BCUT2D eigenvalue weighted by molar-refractivity contribution is 6.41. The number of halogens is 2. The number of amides is 1. The predicted octanol–water partition coefficient (Wildman–Crippen LogP) is 7.19. The summed E-state index contributed by atoms with van der Waals surface area (Å²) < 4.78 is 12.5. The first-order valence-corrected chi connectivity index (χ1v) is 15.4. The summed E-state index contributed by atoms with van der Waals surface area (Å²) >= 11 is 13.6. The number of benzene rings is 3. The van der Waals surface area contributed by atoms with Crippen molar-refractivity contribution >= 4 is 57.5 Å². The van der Waals surface area contributed by atoms with E-state index < -0.39 is 11.6 Å². The highest BCUT2D eigenvalue weighted by atomic mass is 35.5. The van der Waals surface area contributed by atoms with Crippen LogP contribution in [0.25, 0.3) is 22.2 Å². The van der Waals surface area contributed by atoms with Gasteiger partial charge in [0.1, 0.15) is 17.1 Å². The third kappa shape index (κ3) is 7.41. The maximum absolute atomic E-state index is 14.6. The van der Waals surface area contributed by atoms with Crippen molar-refractivity contribution in [3.63, 3.8) is 0 Å². The molecule has 0 aliphatic rings. The Morgan fingerprint density at radius 2 is 1.66 bits per heavy atom. The average molecular weight is 674 g/mol. The second-order valence-electron chi connectivity index (χ2n) is 10.9. The van der Waals surface area contributed by atoms with E-state index >= 15 is 0 Å². The van der Waals surface area contributed by atoms with Gasteiger partial charge in [-0.25, -0.2) is 4.98 Å². The van der Waals surface area contributed by atoms with Crippen molar-refractivity contribution in [3.8, 4) is 22.6 Å². The zero-order chi connectivity index (χ0) is 33.7. The van der Waals surface area contributed by atoms with Gasteiger partial charge in [0.25, 0.3) is 5.56 Å². The van der Waals surface area contributed by atoms with Crippen LogP contribution in [-0.4, -0.2) is 60.2 Å². The Kier molecular flexibility index (Phi) is 10.5. The summed E-state index contributed by atoms with van der Waals surface area (Å²) in [6, 6.07) is 19.5. The molecule has 0 spiro atoms. The maximum Gasteiger partial charge on any atom is 0.260 e. The number of methoxy groups -OCH3 is 2. The van der Waals surface area contributed by atoms with Crippen LogP contribution in [0.4, 0.5) is 17.3 Å². The van der Waals surface area contributed by atoms with Gasteiger partial charge in [0, 0.05) is 47.2 Å². The molecule has 2 N–H and O–H groups in total. The summed E-state index contributed by atoms with van der Waals surface area (Å²) in [5, 5.41) is 6.98. The molecule has 2 aromatic heterocycles. The Hall–Kier alpha value is -4.90. The number of anilines is 3. The van der Waals surface area contributed by atoms with Gasteiger partial charge in [-0.3, -0.25) is 14.2 Å². The maximum atomic E-state index is 14.6. The molecule has 47 heavy (non-hydrogen) atoms. The molecule has 5 rings (SSSR count). The first-order valence-electron chi connectivity index (χ1n) is 14.7. The molecular formula is C35H34Cl2N6O4. The van der Waals surface area contributed by atoms with Gasteiger partial charge in [-0.1, -0.05) is 59.6 Å². The topological polar surface area (TPSA) is 111 Å². The number of nitrogens with one attached hydrogen (secondary N) is 2. The molecule has 0 bridgehead atoms. The predicted molar refractivity (Wildman–Crippen MR) is 189 cm³/mol. The third-order valence-electron chi connectivity index (χ3n) is 7.41. The Bertz CT molecular complexity index is 1990. The molecule has 12 heteroatoms. The number of para-hydroxylation sites is 1. The van der Waals surface area contributed by atoms with Crippen LogP contribution in [0.15, 0.2) is 89.9 Å². The largest absolute Gasteiger partial charge is 0.495 e. The zero-order valence-corrected chi connectivity index (χ0v) is 28.1. The molecule has 0 aliphatic carbocycles. The van der Waals surface area contributed by atoms with E-state index in [0.29, 0.717) is 40.7 Å². The summed E-state index contributed by atoms with van der Waals surface area (Å²) in [6.45, 7) is 2.51. The highest BCUT2D eigenvalue weighted by Gasteiger charge is 2.25. The lowest BCUT2D eigenvalue weighted by atomic mass is 10.0. The molecule has 2 heterocycles. The van der Waals surface area contributed by atoms with Crippen LogP contribution in [0, 0.1) is 0 Å². The number of hydrogen-bond donors (Lipinski definition) is 2. The molecule has 10 nitrogen and oxygen atoms in total. The fourth-order valence-electron chi connectivity index (χ4n) is 5.07. The number of carbonyl (C=O) groups excluding carboxylic acids is 1. The number of fused-ring (bicyclic) bond motifs is 1. The summed E-state index contributed by atoms with van der Waals surface area (Å²) in [5.74, 6) is 0.635. The number of aromatic nitrogens is 3. The molecule has 1 amide bonds. The van der Waals surface area contributed by atoms with Gasteiger partial charge in [0.2, 0.25) is 11.9 Å². The fraction of sp³-hybridized carbons (Fsp3) is 0.200. The van der Waals surface area contributed by atoms with Gasteiger partial charge in [-0.05, 0) is 56.9 Å². The molecule has 242 valence electrons. The number of hydrogen-bond acceptors (Lipinski definition) is 8. The van der Waals surface area contributed by atoms with Gasteiger partial charge in [-0.2, -0.15) is 4.98 Å². The zero-order valence-electron chi connectivity index (χ0n) is 26.5. The standard InChI is InChI=1S/C35H34Cl2N6O4/c1-21(22-11-9-14-25(17-22)39-29(44)15-10-16-42(2)3)43-33-23(20-38-35(41-33)40-24-12-7-6-8-13-24)18-26(34(43)45)30-31(36)27(46-4)19-28(47-5)32(30)37/h6-15,17-21H,16H2,1-5H3,(H,39,44)(H,38,40,41)/b15-10+. The Balaban J connectivity index is 1.68. The van der Waals surface area contributed by atoms with E-state index in [2.05, 4.69) is 15.6 Å². The van der Waals surface area contributed by atoms with E-state index in [1.807, 2.05) is 74.4 Å². The first kappa shape index (κ1) is 33.5. The third-order valence-corrected chi connectivity index (χ3v) is 8.16. The van der Waals surface area contributed by atoms with Gasteiger partial charge in [0.05, 0.1) is 35.9 Å². The van der Waals surface area contributed by atoms with Gasteiger partial charge in [0.15, 0.2) is 0 Å². The summed E-state index contributed by atoms with van der Waals surface area (Å²) in [7, 11) is 6.79. The fourth-order valence-corrected chi connectivity index (χ4v) is 5.78. The van der Waals surface area contributed by atoms with Crippen LogP contribution in [0.3, 0.4) is 0 Å². The monoisotopic (exact) mass is 672 g/mol. The summed E-state index contributed by atoms with van der Waals surface area (Å²) in [4.78, 5) is 38.5.